The minimum Gasteiger partial charge on any atom is -0.481 e. The van der Waals surface area contributed by atoms with Gasteiger partial charge in [-0.1, -0.05) is 52.3 Å². The lowest BCUT2D eigenvalue weighted by Gasteiger charge is -2.22. The van der Waals surface area contributed by atoms with Gasteiger partial charge in [-0.25, -0.2) is 0 Å². The largest absolute Gasteiger partial charge is 0.481 e. The van der Waals surface area contributed by atoms with Crippen molar-refractivity contribution < 1.29 is 9.53 Å². The summed E-state index contributed by atoms with van der Waals surface area (Å²) >= 11 is 3.41. The SMILES string of the molecule is CC(Oc1cccc(Br)c1)C(=O)N1C[C@@H](N)[C@H](c2ccccc2)C1. The van der Waals surface area contributed by atoms with Gasteiger partial charge in [-0.15, -0.1) is 0 Å². The Morgan fingerprint density at radius 3 is 2.67 bits per heavy atom. The molecule has 0 bridgehead atoms. The highest BCUT2D eigenvalue weighted by Crippen LogP contribution is 2.27. The van der Waals surface area contributed by atoms with E-state index in [0.29, 0.717) is 18.8 Å². The van der Waals surface area contributed by atoms with E-state index in [2.05, 4.69) is 28.1 Å². The average molecular weight is 389 g/mol. The fraction of sp³-hybridized carbons (Fsp3) is 0.316. The average Bonchev–Trinajstić information content (AvgIpc) is 2.96. The maximum atomic E-state index is 12.7. The van der Waals surface area contributed by atoms with Crippen LogP contribution in [0.4, 0.5) is 0 Å². The Labute approximate surface area is 150 Å². The standard InChI is InChI=1S/C19H21BrN2O2/c1-13(24-16-9-5-8-15(20)10-16)19(23)22-11-17(18(21)12-22)14-6-3-2-4-7-14/h2-10,13,17-18H,11-12,21H2,1H3/t13?,17-,18+/m0/s1. The summed E-state index contributed by atoms with van der Waals surface area (Å²) in [5.74, 6) is 0.824. The molecule has 1 fully saturated rings. The second-order valence-corrected chi connectivity index (χ2v) is 7.06. The number of ether oxygens (including phenoxy) is 1. The molecule has 2 aromatic carbocycles. The fourth-order valence-electron chi connectivity index (χ4n) is 3.11. The summed E-state index contributed by atoms with van der Waals surface area (Å²) in [6, 6.07) is 17.6. The number of hydrogen-bond acceptors (Lipinski definition) is 3. The number of rotatable bonds is 4. The first kappa shape index (κ1) is 17.0. The first-order valence-corrected chi connectivity index (χ1v) is 8.85. The van der Waals surface area contributed by atoms with Gasteiger partial charge in [-0.3, -0.25) is 4.79 Å². The third-order valence-electron chi connectivity index (χ3n) is 4.36. The van der Waals surface area contributed by atoms with Crippen molar-refractivity contribution in [3.05, 3.63) is 64.6 Å². The summed E-state index contributed by atoms with van der Waals surface area (Å²) in [4.78, 5) is 14.5. The predicted octanol–water partition coefficient (Wildman–Crippen LogP) is 3.17. The molecule has 3 rings (SSSR count). The lowest BCUT2D eigenvalue weighted by atomic mass is 9.95. The molecule has 2 aromatic rings. The Hall–Kier alpha value is -1.85. The van der Waals surface area contributed by atoms with E-state index in [0.717, 1.165) is 4.47 Å². The van der Waals surface area contributed by atoms with Gasteiger partial charge in [0.25, 0.3) is 5.91 Å². The summed E-state index contributed by atoms with van der Waals surface area (Å²) in [7, 11) is 0. The molecule has 1 unspecified atom stereocenters. The Morgan fingerprint density at radius 2 is 1.96 bits per heavy atom. The van der Waals surface area contributed by atoms with Gasteiger partial charge in [0.15, 0.2) is 6.10 Å². The van der Waals surface area contributed by atoms with Crippen LogP contribution in [-0.4, -0.2) is 36.0 Å². The normalized spacial score (nSPS) is 21.5. The topological polar surface area (TPSA) is 55.6 Å². The molecule has 1 heterocycles. The third kappa shape index (κ3) is 3.79. The number of hydrogen-bond donors (Lipinski definition) is 1. The molecule has 3 atom stereocenters. The van der Waals surface area contributed by atoms with Crippen LogP contribution in [-0.2, 0) is 4.79 Å². The number of carbonyl (C=O) groups excluding carboxylic acids is 1. The van der Waals surface area contributed by atoms with Gasteiger partial charge < -0.3 is 15.4 Å². The van der Waals surface area contributed by atoms with Gasteiger partial charge >= 0.3 is 0 Å². The van der Waals surface area contributed by atoms with Crippen molar-refractivity contribution in [2.45, 2.75) is 25.0 Å². The molecule has 0 aliphatic carbocycles. The van der Waals surface area contributed by atoms with Gasteiger partial charge in [-0.2, -0.15) is 0 Å². The van der Waals surface area contributed by atoms with Crippen LogP contribution in [0, 0.1) is 0 Å². The van der Waals surface area contributed by atoms with Crippen molar-refractivity contribution in [3.63, 3.8) is 0 Å². The summed E-state index contributed by atoms with van der Waals surface area (Å²) < 4.78 is 6.71. The molecule has 0 radical (unpaired) electrons. The molecule has 1 aliphatic rings. The highest BCUT2D eigenvalue weighted by molar-refractivity contribution is 9.10. The first-order valence-electron chi connectivity index (χ1n) is 8.06. The molecule has 126 valence electrons. The van der Waals surface area contributed by atoms with Crippen molar-refractivity contribution in [2.24, 2.45) is 5.73 Å². The van der Waals surface area contributed by atoms with Crippen LogP contribution >= 0.6 is 15.9 Å². The monoisotopic (exact) mass is 388 g/mol. The van der Waals surface area contributed by atoms with Crippen LogP contribution in [0.25, 0.3) is 0 Å². The van der Waals surface area contributed by atoms with Crippen LogP contribution in [0.5, 0.6) is 5.75 Å². The molecule has 0 aromatic heterocycles. The zero-order valence-electron chi connectivity index (χ0n) is 13.6. The van der Waals surface area contributed by atoms with Crippen molar-refractivity contribution in [3.8, 4) is 5.75 Å². The minimum absolute atomic E-state index is 0.0242. The van der Waals surface area contributed by atoms with Crippen molar-refractivity contribution in [1.82, 2.24) is 4.90 Å². The second kappa shape index (κ2) is 7.36. The number of carbonyl (C=O) groups is 1. The van der Waals surface area contributed by atoms with E-state index in [1.54, 1.807) is 6.92 Å². The van der Waals surface area contributed by atoms with Gasteiger partial charge in [0.1, 0.15) is 5.75 Å². The number of nitrogens with zero attached hydrogens (tertiary/aromatic N) is 1. The molecular weight excluding hydrogens is 368 g/mol. The maximum Gasteiger partial charge on any atom is 0.263 e. The van der Waals surface area contributed by atoms with E-state index in [1.807, 2.05) is 47.4 Å². The van der Waals surface area contributed by atoms with Gasteiger partial charge in [0.05, 0.1) is 0 Å². The van der Waals surface area contributed by atoms with E-state index >= 15 is 0 Å². The smallest absolute Gasteiger partial charge is 0.263 e. The number of amides is 1. The molecule has 0 saturated carbocycles. The summed E-state index contributed by atoms with van der Waals surface area (Å²) in [6.07, 6.45) is -0.541. The molecule has 1 amide bonds. The van der Waals surface area contributed by atoms with E-state index in [9.17, 15) is 4.79 Å². The second-order valence-electron chi connectivity index (χ2n) is 6.14. The van der Waals surface area contributed by atoms with E-state index < -0.39 is 6.10 Å². The zero-order valence-corrected chi connectivity index (χ0v) is 15.1. The zero-order chi connectivity index (χ0) is 17.1. The van der Waals surface area contributed by atoms with Crippen molar-refractivity contribution in [1.29, 1.82) is 0 Å². The minimum atomic E-state index is -0.541. The van der Waals surface area contributed by atoms with Crippen LogP contribution in [0.3, 0.4) is 0 Å². The number of benzene rings is 2. The lowest BCUT2D eigenvalue weighted by Crippen LogP contribution is -2.40. The summed E-state index contributed by atoms with van der Waals surface area (Å²) in [6.45, 7) is 2.98. The van der Waals surface area contributed by atoms with Crippen LogP contribution in [0.2, 0.25) is 0 Å². The van der Waals surface area contributed by atoms with E-state index in [1.165, 1.54) is 5.56 Å². The van der Waals surface area contributed by atoms with Crippen LogP contribution in [0.15, 0.2) is 59.1 Å². The van der Waals surface area contributed by atoms with E-state index in [-0.39, 0.29) is 17.9 Å². The van der Waals surface area contributed by atoms with Gasteiger partial charge in [0, 0.05) is 29.5 Å². The Morgan fingerprint density at radius 1 is 1.21 bits per heavy atom. The van der Waals surface area contributed by atoms with Crippen molar-refractivity contribution >= 4 is 21.8 Å². The molecular formula is C19H21BrN2O2. The quantitative estimate of drug-likeness (QED) is 0.874. The van der Waals surface area contributed by atoms with Crippen molar-refractivity contribution in [2.75, 3.05) is 13.1 Å². The number of halogens is 1. The Balaban J connectivity index is 1.65. The number of likely N-dealkylation sites (tertiary alicyclic amines) is 1. The molecule has 2 N–H and O–H groups in total. The molecule has 0 spiro atoms. The van der Waals surface area contributed by atoms with Gasteiger partial charge in [0.2, 0.25) is 0 Å². The summed E-state index contributed by atoms with van der Waals surface area (Å²) in [5, 5.41) is 0. The fourth-order valence-corrected chi connectivity index (χ4v) is 3.49. The highest BCUT2D eigenvalue weighted by Gasteiger charge is 2.35. The molecule has 5 heteroatoms. The van der Waals surface area contributed by atoms with Gasteiger partial charge in [-0.05, 0) is 30.7 Å². The molecule has 4 nitrogen and oxygen atoms in total. The summed E-state index contributed by atoms with van der Waals surface area (Å²) in [5.41, 5.74) is 7.45. The Bertz CT molecular complexity index is 708. The Kier molecular flexibility index (Phi) is 5.21. The first-order chi connectivity index (χ1) is 11.5. The van der Waals surface area contributed by atoms with E-state index in [4.69, 9.17) is 10.5 Å². The van der Waals surface area contributed by atoms with Crippen LogP contribution in [0.1, 0.15) is 18.4 Å². The molecule has 1 aliphatic heterocycles. The molecule has 1 saturated heterocycles. The molecule has 24 heavy (non-hydrogen) atoms. The predicted molar refractivity (Wildman–Crippen MR) is 98.0 cm³/mol. The van der Waals surface area contributed by atoms with Crippen LogP contribution < -0.4 is 10.5 Å². The maximum absolute atomic E-state index is 12.7. The third-order valence-corrected chi connectivity index (χ3v) is 4.85. The highest BCUT2D eigenvalue weighted by atomic mass is 79.9. The lowest BCUT2D eigenvalue weighted by molar-refractivity contribution is -0.136. The number of nitrogens with two attached hydrogens (primary N) is 1.